The monoisotopic (exact) mass is 477 g/mol. The fourth-order valence-corrected chi connectivity index (χ4v) is 6.21. The Kier molecular flexibility index (Phi) is 5.99. The summed E-state index contributed by atoms with van der Waals surface area (Å²) in [6, 6.07) is 2.73. The summed E-state index contributed by atoms with van der Waals surface area (Å²) in [6.07, 6.45) is 4.54. The third-order valence-corrected chi connectivity index (χ3v) is 6.94. The first-order chi connectivity index (χ1) is 15.7. The van der Waals surface area contributed by atoms with E-state index in [1.165, 1.54) is 6.20 Å². The standard InChI is InChI=1S/C25H33F2N3O4/c1-16-19(29-34-20(16)33-17-8-6-10-28-12-17)18-9-7-11-30(18)21(31)25(26,27)24(32)14-22(2,3)13-23(4,5)15-24/h6,8,10,12,18,32H,7,9,11,13-15H2,1-5H3/t18-/m0/s1. The van der Waals surface area contributed by atoms with E-state index in [1.807, 2.05) is 27.7 Å². The fourth-order valence-electron chi connectivity index (χ4n) is 6.21. The van der Waals surface area contributed by atoms with Crippen molar-refractivity contribution in [2.45, 2.75) is 84.3 Å². The van der Waals surface area contributed by atoms with Gasteiger partial charge in [-0.2, -0.15) is 8.78 Å². The van der Waals surface area contributed by atoms with Crippen molar-refractivity contribution in [3.8, 4) is 11.7 Å². The van der Waals surface area contributed by atoms with Crippen LogP contribution in [0.15, 0.2) is 29.0 Å². The molecule has 4 rings (SSSR count). The van der Waals surface area contributed by atoms with Crippen LogP contribution in [0.4, 0.5) is 8.78 Å². The van der Waals surface area contributed by atoms with E-state index in [4.69, 9.17) is 9.26 Å². The summed E-state index contributed by atoms with van der Waals surface area (Å²) in [5, 5.41) is 15.3. The molecule has 2 aliphatic rings. The summed E-state index contributed by atoms with van der Waals surface area (Å²) in [5.41, 5.74) is -2.54. The van der Waals surface area contributed by atoms with Crippen molar-refractivity contribution >= 4 is 5.91 Å². The van der Waals surface area contributed by atoms with E-state index in [0.29, 0.717) is 36.3 Å². The number of carbonyl (C=O) groups is 1. The van der Waals surface area contributed by atoms with E-state index < -0.39 is 34.3 Å². The Morgan fingerprint density at radius 1 is 1.24 bits per heavy atom. The van der Waals surface area contributed by atoms with Gasteiger partial charge in [0.05, 0.1) is 17.8 Å². The molecular formula is C25H33F2N3O4. The number of alkyl halides is 2. The number of hydrogen-bond donors (Lipinski definition) is 1. The summed E-state index contributed by atoms with van der Waals surface area (Å²) >= 11 is 0. The molecule has 7 nitrogen and oxygen atoms in total. The number of pyridine rings is 1. The van der Waals surface area contributed by atoms with Crippen molar-refractivity contribution in [2.75, 3.05) is 6.54 Å². The van der Waals surface area contributed by atoms with Crippen LogP contribution in [-0.2, 0) is 4.79 Å². The highest BCUT2D eigenvalue weighted by Gasteiger charge is 2.65. The number of halogens is 2. The van der Waals surface area contributed by atoms with Gasteiger partial charge >= 0.3 is 11.9 Å². The minimum Gasteiger partial charge on any atom is -0.423 e. The summed E-state index contributed by atoms with van der Waals surface area (Å²) in [4.78, 5) is 18.4. The van der Waals surface area contributed by atoms with Gasteiger partial charge in [-0.3, -0.25) is 9.78 Å². The van der Waals surface area contributed by atoms with Crippen LogP contribution >= 0.6 is 0 Å². The van der Waals surface area contributed by atoms with Crippen molar-refractivity contribution in [1.82, 2.24) is 15.0 Å². The molecule has 1 aliphatic heterocycles. The molecule has 2 aromatic rings. The number of aliphatic hydroxyl groups is 1. The average Bonchev–Trinajstić information content (AvgIpc) is 3.32. The number of nitrogens with zero attached hydrogens (tertiary/aromatic N) is 3. The predicted molar refractivity (Wildman–Crippen MR) is 121 cm³/mol. The normalized spacial score (nSPS) is 23.6. The van der Waals surface area contributed by atoms with E-state index >= 15 is 8.78 Å². The molecule has 1 atom stereocenters. The Labute approximate surface area is 198 Å². The van der Waals surface area contributed by atoms with Gasteiger partial charge in [0.25, 0.3) is 5.91 Å². The largest absolute Gasteiger partial charge is 0.423 e. The van der Waals surface area contributed by atoms with Gasteiger partial charge in [0.15, 0.2) is 0 Å². The van der Waals surface area contributed by atoms with Crippen LogP contribution in [0.25, 0.3) is 0 Å². The zero-order valence-electron chi connectivity index (χ0n) is 20.4. The maximum absolute atomic E-state index is 15.8. The molecule has 1 aliphatic carbocycles. The second kappa shape index (κ2) is 8.29. The second-order valence-corrected chi connectivity index (χ2v) is 11.4. The van der Waals surface area contributed by atoms with Gasteiger partial charge in [-0.1, -0.05) is 32.9 Å². The zero-order valence-corrected chi connectivity index (χ0v) is 20.4. The molecule has 1 amide bonds. The van der Waals surface area contributed by atoms with Crippen LogP contribution in [0, 0.1) is 17.8 Å². The van der Waals surface area contributed by atoms with E-state index in [-0.39, 0.29) is 25.3 Å². The Balaban J connectivity index is 1.59. The molecule has 9 heteroatoms. The first-order valence-electron chi connectivity index (χ1n) is 11.7. The molecule has 186 valence electrons. The van der Waals surface area contributed by atoms with Gasteiger partial charge in [-0.05, 0) is 62.0 Å². The van der Waals surface area contributed by atoms with E-state index in [2.05, 4.69) is 10.1 Å². The topological polar surface area (TPSA) is 88.7 Å². The number of ether oxygens (including phenoxy) is 1. The minimum absolute atomic E-state index is 0.128. The van der Waals surface area contributed by atoms with Crippen molar-refractivity contribution in [3.05, 3.63) is 35.8 Å². The summed E-state index contributed by atoms with van der Waals surface area (Å²) in [6.45, 7) is 9.33. The molecule has 3 heterocycles. The van der Waals surface area contributed by atoms with E-state index in [9.17, 15) is 9.90 Å². The molecule has 0 radical (unpaired) electrons. The molecule has 1 saturated heterocycles. The molecule has 34 heavy (non-hydrogen) atoms. The lowest BCUT2D eigenvalue weighted by molar-refractivity contribution is -0.231. The lowest BCUT2D eigenvalue weighted by Gasteiger charge is -2.51. The highest BCUT2D eigenvalue weighted by molar-refractivity contribution is 5.85. The third-order valence-electron chi connectivity index (χ3n) is 6.94. The van der Waals surface area contributed by atoms with Crippen molar-refractivity contribution < 1.29 is 27.9 Å². The summed E-state index contributed by atoms with van der Waals surface area (Å²) in [5.74, 6) is -4.72. The molecule has 2 aromatic heterocycles. The van der Waals surface area contributed by atoms with Gasteiger partial charge in [-0.25, -0.2) is 0 Å². The van der Waals surface area contributed by atoms with Gasteiger partial charge in [0.2, 0.25) is 0 Å². The van der Waals surface area contributed by atoms with Crippen LogP contribution < -0.4 is 4.74 Å². The number of amides is 1. The fraction of sp³-hybridized carbons (Fsp3) is 0.640. The van der Waals surface area contributed by atoms with Crippen LogP contribution in [0.1, 0.15) is 77.1 Å². The van der Waals surface area contributed by atoms with Crippen LogP contribution in [0.2, 0.25) is 0 Å². The number of hydrogen-bond acceptors (Lipinski definition) is 6. The van der Waals surface area contributed by atoms with Crippen molar-refractivity contribution in [1.29, 1.82) is 0 Å². The van der Waals surface area contributed by atoms with Gasteiger partial charge < -0.3 is 19.3 Å². The number of aromatic nitrogens is 2. The lowest BCUT2D eigenvalue weighted by atomic mass is 9.58. The highest BCUT2D eigenvalue weighted by Crippen LogP contribution is 2.55. The summed E-state index contributed by atoms with van der Waals surface area (Å²) < 4.78 is 42.6. The Morgan fingerprint density at radius 2 is 1.91 bits per heavy atom. The van der Waals surface area contributed by atoms with Crippen molar-refractivity contribution in [2.24, 2.45) is 10.8 Å². The average molecular weight is 478 g/mol. The first-order valence-corrected chi connectivity index (χ1v) is 11.7. The summed E-state index contributed by atoms with van der Waals surface area (Å²) in [7, 11) is 0. The molecule has 0 spiro atoms. The number of likely N-dealkylation sites (tertiary alicyclic amines) is 1. The Bertz CT molecular complexity index is 1040. The molecular weight excluding hydrogens is 444 g/mol. The quantitative estimate of drug-likeness (QED) is 0.617. The smallest absolute Gasteiger partial charge is 0.352 e. The van der Waals surface area contributed by atoms with Crippen LogP contribution in [-0.4, -0.2) is 44.1 Å². The maximum Gasteiger partial charge on any atom is 0.352 e. The van der Waals surface area contributed by atoms with Gasteiger partial charge in [-0.15, -0.1) is 0 Å². The molecule has 0 aromatic carbocycles. The Hall–Kier alpha value is -2.55. The third kappa shape index (κ3) is 4.42. The number of carbonyl (C=O) groups excluding carboxylic acids is 1. The number of rotatable bonds is 5. The minimum atomic E-state index is -3.93. The van der Waals surface area contributed by atoms with Gasteiger partial charge in [0.1, 0.15) is 17.0 Å². The zero-order chi connectivity index (χ0) is 24.9. The molecule has 0 bridgehead atoms. The van der Waals surface area contributed by atoms with E-state index in [1.54, 1.807) is 25.3 Å². The molecule has 2 fully saturated rings. The Morgan fingerprint density at radius 3 is 2.53 bits per heavy atom. The van der Waals surface area contributed by atoms with Crippen molar-refractivity contribution in [3.63, 3.8) is 0 Å². The maximum atomic E-state index is 15.8. The molecule has 1 saturated carbocycles. The molecule has 0 unspecified atom stereocenters. The SMILES string of the molecule is Cc1c([C@@H]2CCCN2C(=O)C(F)(F)C2(O)CC(C)(C)CC(C)(C)C2)noc1Oc1cccnc1. The second-order valence-electron chi connectivity index (χ2n) is 11.4. The lowest BCUT2D eigenvalue weighted by Crippen LogP contribution is -2.62. The molecule has 1 N–H and O–H groups in total. The first kappa shape index (κ1) is 24.6. The predicted octanol–water partition coefficient (Wildman–Crippen LogP) is 5.44. The van der Waals surface area contributed by atoms with Crippen LogP contribution in [0.5, 0.6) is 11.7 Å². The van der Waals surface area contributed by atoms with Gasteiger partial charge in [0, 0.05) is 12.7 Å². The van der Waals surface area contributed by atoms with E-state index in [0.717, 1.165) is 4.90 Å². The highest BCUT2D eigenvalue weighted by atomic mass is 19.3. The van der Waals surface area contributed by atoms with Crippen LogP contribution in [0.3, 0.4) is 0 Å².